The van der Waals surface area contributed by atoms with Crippen LogP contribution >= 0.6 is 11.8 Å². The van der Waals surface area contributed by atoms with Crippen molar-refractivity contribution in [2.45, 2.75) is 94.0 Å². The number of amides is 1. The number of carbonyl (C=O) groups is 3. The van der Waals surface area contributed by atoms with Crippen LogP contribution in [0.4, 0.5) is 11.4 Å². The number of Topliss-reactive ketones (excluding diaryl/α,β-unsaturated/α-hetero) is 1. The van der Waals surface area contributed by atoms with E-state index in [2.05, 4.69) is 28.8 Å². The normalized spacial score (nSPS) is 16.0. The minimum atomic E-state index is -4.06. The van der Waals surface area contributed by atoms with E-state index in [1.807, 2.05) is 36.6 Å². The first-order chi connectivity index (χ1) is 24.7. The number of hydrogen-bond acceptors (Lipinski definition) is 9. The number of thioether (sulfide) groups is 1. The van der Waals surface area contributed by atoms with Crippen molar-refractivity contribution in [2.24, 2.45) is 11.8 Å². The Morgan fingerprint density at radius 1 is 1.00 bits per heavy atom. The van der Waals surface area contributed by atoms with Crippen LogP contribution in [0.5, 0.6) is 11.5 Å². The number of nitrogens with one attached hydrogen (secondary N) is 2. The van der Waals surface area contributed by atoms with Crippen molar-refractivity contribution in [3.05, 3.63) is 72.3 Å². The standard InChI is InChI=1S/C39H51N3O8S2/c1-6-8-19-39(20-9-7-2)25-42(28-13-11-10-12-14-28)31-22-34(51-5)33(23-35(31)52(48,49)41-39)50-24-36(45)40-37(27-15-17-29(43)18-16-27)32(44)21-30(26(3)4)38(46)47/h10-18,22-23,26,30,37,41,43H,6-9,19-21,24-25H2,1-5H3,(H,40,45)(H,46,47)/t30-,37+/m0/s1. The molecular formula is C39H51N3O8S2. The van der Waals surface area contributed by atoms with Crippen LogP contribution in [0.15, 0.2) is 76.5 Å². The molecule has 0 unspecified atom stereocenters. The van der Waals surface area contributed by atoms with E-state index in [9.17, 15) is 33.0 Å². The average molecular weight is 754 g/mol. The Labute approximate surface area is 311 Å². The van der Waals surface area contributed by atoms with E-state index in [1.54, 1.807) is 19.9 Å². The topological polar surface area (TPSA) is 162 Å². The molecule has 1 aliphatic rings. The molecule has 0 spiro atoms. The highest BCUT2D eigenvalue weighted by Crippen LogP contribution is 2.44. The van der Waals surface area contributed by atoms with Crippen molar-refractivity contribution >= 4 is 50.8 Å². The summed E-state index contributed by atoms with van der Waals surface area (Å²) in [5.41, 5.74) is 1.01. The molecule has 0 bridgehead atoms. The molecule has 1 aliphatic heterocycles. The zero-order chi connectivity index (χ0) is 38.1. The quantitative estimate of drug-likeness (QED) is 0.0977. The number of phenolic OH excluding ortho intramolecular Hbond substituents is 1. The Hall–Kier alpha value is -4.07. The predicted octanol–water partition coefficient (Wildman–Crippen LogP) is 7.22. The second-order valence-corrected chi connectivity index (χ2v) is 16.2. The third-order valence-corrected chi connectivity index (χ3v) is 11.8. The second-order valence-electron chi connectivity index (χ2n) is 13.7. The van der Waals surface area contributed by atoms with Crippen LogP contribution in [-0.2, 0) is 24.4 Å². The molecule has 4 N–H and O–H groups in total. The molecule has 0 aliphatic carbocycles. The van der Waals surface area contributed by atoms with Gasteiger partial charge in [-0.15, -0.1) is 11.8 Å². The van der Waals surface area contributed by atoms with Crippen molar-refractivity contribution < 1.29 is 37.8 Å². The maximum absolute atomic E-state index is 14.3. The fourth-order valence-electron chi connectivity index (χ4n) is 6.55. The van der Waals surface area contributed by atoms with E-state index in [0.29, 0.717) is 35.5 Å². The van der Waals surface area contributed by atoms with Crippen LogP contribution in [0.3, 0.4) is 0 Å². The van der Waals surface area contributed by atoms with Gasteiger partial charge >= 0.3 is 5.97 Å². The summed E-state index contributed by atoms with van der Waals surface area (Å²) >= 11 is 1.35. The summed E-state index contributed by atoms with van der Waals surface area (Å²) in [5.74, 6) is -3.43. The highest BCUT2D eigenvalue weighted by atomic mass is 32.2. The van der Waals surface area contributed by atoms with Crippen molar-refractivity contribution in [2.75, 3.05) is 24.3 Å². The SMILES string of the molecule is CCCCC1(CCCC)CN(c2ccccc2)c2cc(SC)c(OCC(=O)N[C@@H](C(=O)C[C@H](C(=O)O)C(C)C)c3ccc(O)cc3)cc2S(=O)(=O)N1. The number of para-hydroxylation sites is 1. The van der Waals surface area contributed by atoms with Gasteiger partial charge < -0.3 is 25.2 Å². The fraction of sp³-hybridized carbons (Fsp3) is 0.462. The number of rotatable bonds is 18. The summed E-state index contributed by atoms with van der Waals surface area (Å²) in [6.07, 6.45) is 6.41. The first-order valence-corrected chi connectivity index (χ1v) is 20.5. The average Bonchev–Trinajstić information content (AvgIpc) is 3.21. The molecule has 52 heavy (non-hydrogen) atoms. The monoisotopic (exact) mass is 753 g/mol. The summed E-state index contributed by atoms with van der Waals surface area (Å²) < 4.78 is 37.7. The van der Waals surface area contributed by atoms with Crippen molar-refractivity contribution in [3.63, 3.8) is 0 Å². The van der Waals surface area contributed by atoms with Gasteiger partial charge in [-0.1, -0.05) is 83.7 Å². The Kier molecular flexibility index (Phi) is 14.2. The lowest BCUT2D eigenvalue weighted by molar-refractivity contribution is -0.145. The largest absolute Gasteiger partial charge is 0.508 e. The maximum atomic E-state index is 14.3. The van der Waals surface area contributed by atoms with Gasteiger partial charge in [0.25, 0.3) is 5.91 Å². The Morgan fingerprint density at radius 3 is 2.19 bits per heavy atom. The number of aromatic hydroxyl groups is 1. The molecule has 282 valence electrons. The Morgan fingerprint density at radius 2 is 1.63 bits per heavy atom. The van der Waals surface area contributed by atoms with Gasteiger partial charge in [-0.05, 0) is 60.9 Å². The fourth-order valence-corrected chi connectivity index (χ4v) is 8.75. The lowest BCUT2D eigenvalue weighted by Gasteiger charge is -2.37. The number of nitrogens with zero attached hydrogens (tertiary/aromatic N) is 1. The summed E-state index contributed by atoms with van der Waals surface area (Å²) in [4.78, 5) is 41.5. The first-order valence-electron chi connectivity index (χ1n) is 17.8. The van der Waals surface area contributed by atoms with Crippen LogP contribution < -0.4 is 19.7 Å². The molecule has 11 nitrogen and oxygen atoms in total. The minimum absolute atomic E-state index is 0.0324. The van der Waals surface area contributed by atoms with E-state index in [-0.39, 0.29) is 28.7 Å². The smallest absolute Gasteiger partial charge is 0.307 e. The molecular weight excluding hydrogens is 703 g/mol. The van der Waals surface area contributed by atoms with Gasteiger partial charge in [-0.3, -0.25) is 14.4 Å². The molecule has 0 saturated heterocycles. The highest BCUT2D eigenvalue weighted by Gasteiger charge is 2.42. The number of benzene rings is 3. The van der Waals surface area contributed by atoms with E-state index in [1.165, 1.54) is 42.1 Å². The van der Waals surface area contributed by atoms with Crippen molar-refractivity contribution in [1.29, 1.82) is 0 Å². The number of carboxylic acid groups (broad SMARTS) is 1. The second kappa shape index (κ2) is 18.1. The molecule has 0 aromatic heterocycles. The number of hydrogen-bond donors (Lipinski definition) is 4. The van der Waals surface area contributed by atoms with Crippen LogP contribution in [0.2, 0.25) is 0 Å². The highest BCUT2D eigenvalue weighted by molar-refractivity contribution is 7.98. The van der Waals surface area contributed by atoms with Gasteiger partial charge in [0.05, 0.1) is 22.0 Å². The number of anilines is 2. The lowest BCUT2D eigenvalue weighted by atomic mass is 9.87. The summed E-state index contributed by atoms with van der Waals surface area (Å²) in [5, 5.41) is 22.2. The van der Waals surface area contributed by atoms with Gasteiger partial charge in [0, 0.05) is 24.7 Å². The van der Waals surface area contributed by atoms with Crippen LogP contribution in [-0.4, -0.2) is 61.2 Å². The van der Waals surface area contributed by atoms with Crippen LogP contribution in [0.25, 0.3) is 0 Å². The first kappa shape index (κ1) is 40.7. The number of phenols is 1. The molecule has 0 radical (unpaired) electrons. The number of carbonyl (C=O) groups excluding carboxylic acids is 2. The Balaban J connectivity index is 1.69. The van der Waals surface area contributed by atoms with E-state index in [0.717, 1.165) is 31.4 Å². The van der Waals surface area contributed by atoms with Gasteiger partial charge in [-0.25, -0.2) is 13.1 Å². The molecule has 3 aromatic rings. The third-order valence-electron chi connectivity index (χ3n) is 9.48. The van der Waals surface area contributed by atoms with Crippen LogP contribution in [0, 0.1) is 11.8 Å². The molecule has 4 rings (SSSR count). The van der Waals surface area contributed by atoms with Gasteiger partial charge in [-0.2, -0.15) is 0 Å². The molecule has 0 fully saturated rings. The number of carboxylic acids is 1. The molecule has 3 aromatic carbocycles. The van der Waals surface area contributed by atoms with E-state index >= 15 is 0 Å². The zero-order valence-corrected chi connectivity index (χ0v) is 32.2. The number of fused-ring (bicyclic) bond motifs is 1. The van der Waals surface area contributed by atoms with Gasteiger partial charge in [0.1, 0.15) is 22.4 Å². The van der Waals surface area contributed by atoms with E-state index in [4.69, 9.17) is 4.74 Å². The Bertz CT molecular complexity index is 1790. The number of ether oxygens (including phenoxy) is 1. The minimum Gasteiger partial charge on any atom is -0.508 e. The summed E-state index contributed by atoms with van der Waals surface area (Å²) in [6, 6.07) is 17.5. The third kappa shape index (κ3) is 10.1. The molecule has 13 heteroatoms. The van der Waals surface area contributed by atoms with E-state index < -0.39 is 51.8 Å². The van der Waals surface area contributed by atoms with Gasteiger partial charge in [0.15, 0.2) is 12.4 Å². The van der Waals surface area contributed by atoms with Gasteiger partial charge in [0.2, 0.25) is 10.0 Å². The van der Waals surface area contributed by atoms with Crippen molar-refractivity contribution in [1.82, 2.24) is 10.0 Å². The number of unbranched alkanes of at least 4 members (excludes halogenated alkanes) is 2. The number of aliphatic carboxylic acids is 1. The van der Waals surface area contributed by atoms with Crippen LogP contribution in [0.1, 0.15) is 84.2 Å². The molecule has 1 heterocycles. The number of sulfonamides is 1. The summed E-state index contributed by atoms with van der Waals surface area (Å²) in [6.45, 7) is 7.49. The molecule has 2 atom stereocenters. The maximum Gasteiger partial charge on any atom is 0.307 e. The van der Waals surface area contributed by atoms with Crippen molar-refractivity contribution in [3.8, 4) is 11.5 Å². The zero-order valence-electron chi connectivity index (χ0n) is 30.6. The summed E-state index contributed by atoms with van der Waals surface area (Å²) in [7, 11) is -4.06. The lowest BCUT2D eigenvalue weighted by Crippen LogP contribution is -2.53. The molecule has 1 amide bonds. The molecule has 0 saturated carbocycles. The number of ketones is 1. The predicted molar refractivity (Wildman–Crippen MR) is 204 cm³/mol.